The monoisotopic (exact) mass is 675 g/mol. The zero-order valence-electron chi connectivity index (χ0n) is 29.3. The van der Waals surface area contributed by atoms with Crippen LogP contribution in [-0.2, 0) is 0 Å². The lowest BCUT2D eigenvalue weighted by atomic mass is 9.91. The van der Waals surface area contributed by atoms with E-state index < -0.39 is 0 Å². The minimum Gasteiger partial charge on any atom is -0.309 e. The van der Waals surface area contributed by atoms with Crippen LogP contribution in [0.25, 0.3) is 66.4 Å². The summed E-state index contributed by atoms with van der Waals surface area (Å²) in [6, 6.07) is 80.9. The molecule has 0 saturated carbocycles. The van der Waals surface area contributed by atoms with Gasteiger partial charge in [-0.2, -0.15) is 0 Å². The van der Waals surface area contributed by atoms with Crippen LogP contribution >= 0.6 is 0 Å². The van der Waals surface area contributed by atoms with E-state index in [-0.39, 0.29) is 0 Å². The Hall–Kier alpha value is -6.96. The third-order valence-corrected chi connectivity index (χ3v) is 10.1. The maximum absolute atomic E-state index is 2.47. The second kappa shape index (κ2) is 14.3. The highest BCUT2D eigenvalue weighted by molar-refractivity contribution is 6.01. The Balaban J connectivity index is 1.29. The van der Waals surface area contributed by atoms with E-state index in [1.807, 2.05) is 0 Å². The number of para-hydroxylation sites is 3. The minimum absolute atomic E-state index is 1.11. The first-order chi connectivity index (χ1) is 26.3. The topological polar surface area (TPSA) is 3.24 Å². The Bertz CT molecular complexity index is 2670. The minimum atomic E-state index is 1.11. The molecule has 0 N–H and O–H groups in total. The molecule has 250 valence electrons. The van der Waals surface area contributed by atoms with Crippen molar-refractivity contribution in [2.45, 2.75) is 0 Å². The lowest BCUT2D eigenvalue weighted by Gasteiger charge is -2.32. The first-order valence-corrected chi connectivity index (χ1v) is 18.2. The van der Waals surface area contributed by atoms with Crippen molar-refractivity contribution in [2.75, 3.05) is 4.90 Å². The summed E-state index contributed by atoms with van der Waals surface area (Å²) in [5.74, 6) is 0. The number of rotatable bonds is 8. The van der Waals surface area contributed by atoms with Gasteiger partial charge in [-0.1, -0.05) is 200 Å². The molecule has 0 radical (unpaired) electrons. The first kappa shape index (κ1) is 32.0. The molecule has 0 aliphatic rings. The SMILES string of the molecule is c1ccc(-c2ccccc2-c2ccccc2N(c2ccccc2-c2ccccc2)c2ccccc2-c2cccc(-c3cccc4ccccc34)c2)cc1. The normalized spacial score (nSPS) is 11.0. The van der Waals surface area contributed by atoms with Gasteiger partial charge in [0.15, 0.2) is 0 Å². The third kappa shape index (κ3) is 6.20. The average molecular weight is 676 g/mol. The van der Waals surface area contributed by atoms with Crippen molar-refractivity contribution in [3.05, 3.63) is 224 Å². The summed E-state index contributed by atoms with van der Waals surface area (Å²) < 4.78 is 0. The summed E-state index contributed by atoms with van der Waals surface area (Å²) in [6.07, 6.45) is 0. The van der Waals surface area contributed by atoms with Gasteiger partial charge in [-0.15, -0.1) is 0 Å². The highest BCUT2D eigenvalue weighted by atomic mass is 15.1. The van der Waals surface area contributed by atoms with E-state index in [0.717, 1.165) is 33.8 Å². The van der Waals surface area contributed by atoms with Crippen molar-refractivity contribution in [3.8, 4) is 55.6 Å². The molecule has 0 aliphatic heterocycles. The number of fused-ring (bicyclic) bond motifs is 1. The van der Waals surface area contributed by atoms with E-state index in [4.69, 9.17) is 0 Å². The maximum Gasteiger partial charge on any atom is 0.0540 e. The number of nitrogens with zero attached hydrogens (tertiary/aromatic N) is 1. The molecule has 0 saturated heterocycles. The van der Waals surface area contributed by atoms with Crippen LogP contribution < -0.4 is 4.90 Å². The number of hydrogen-bond donors (Lipinski definition) is 0. The van der Waals surface area contributed by atoms with Crippen molar-refractivity contribution in [3.63, 3.8) is 0 Å². The second-order valence-corrected chi connectivity index (χ2v) is 13.3. The molecule has 53 heavy (non-hydrogen) atoms. The lowest BCUT2D eigenvalue weighted by Crippen LogP contribution is -2.13. The summed E-state index contributed by atoms with van der Waals surface area (Å²) >= 11 is 0. The van der Waals surface area contributed by atoms with E-state index in [9.17, 15) is 0 Å². The number of hydrogen-bond acceptors (Lipinski definition) is 1. The molecule has 0 heterocycles. The van der Waals surface area contributed by atoms with Gasteiger partial charge in [0, 0.05) is 16.7 Å². The molecule has 9 aromatic rings. The van der Waals surface area contributed by atoms with Gasteiger partial charge in [0.05, 0.1) is 17.1 Å². The summed E-state index contributed by atoms with van der Waals surface area (Å²) in [7, 11) is 0. The van der Waals surface area contributed by atoms with Crippen molar-refractivity contribution in [1.82, 2.24) is 0 Å². The molecule has 9 aromatic carbocycles. The van der Waals surface area contributed by atoms with Gasteiger partial charge >= 0.3 is 0 Å². The first-order valence-electron chi connectivity index (χ1n) is 18.2. The van der Waals surface area contributed by atoms with Crippen LogP contribution in [0.2, 0.25) is 0 Å². The lowest BCUT2D eigenvalue weighted by molar-refractivity contribution is 1.28. The summed E-state index contributed by atoms with van der Waals surface area (Å²) in [5.41, 5.74) is 15.2. The maximum atomic E-state index is 2.47. The van der Waals surface area contributed by atoms with Gasteiger partial charge in [0.1, 0.15) is 0 Å². The predicted molar refractivity (Wildman–Crippen MR) is 226 cm³/mol. The summed E-state index contributed by atoms with van der Waals surface area (Å²) in [4.78, 5) is 2.47. The Kier molecular flexibility index (Phi) is 8.66. The van der Waals surface area contributed by atoms with Gasteiger partial charge in [0.2, 0.25) is 0 Å². The van der Waals surface area contributed by atoms with Gasteiger partial charge in [-0.05, 0) is 74.0 Å². The third-order valence-electron chi connectivity index (χ3n) is 10.1. The van der Waals surface area contributed by atoms with Crippen LogP contribution in [0.15, 0.2) is 224 Å². The predicted octanol–water partition coefficient (Wildman–Crippen LogP) is 14.6. The van der Waals surface area contributed by atoms with E-state index in [0.29, 0.717) is 0 Å². The quantitative estimate of drug-likeness (QED) is 0.155. The Labute approximate surface area is 311 Å². The van der Waals surface area contributed by atoms with Crippen molar-refractivity contribution in [2.24, 2.45) is 0 Å². The van der Waals surface area contributed by atoms with Crippen LogP contribution in [0, 0.1) is 0 Å². The van der Waals surface area contributed by atoms with Crippen LogP contribution in [0.4, 0.5) is 17.1 Å². The fourth-order valence-corrected chi connectivity index (χ4v) is 7.65. The summed E-state index contributed by atoms with van der Waals surface area (Å²) in [5, 5.41) is 2.50. The molecule has 0 amide bonds. The molecule has 0 unspecified atom stereocenters. The second-order valence-electron chi connectivity index (χ2n) is 13.3. The van der Waals surface area contributed by atoms with E-state index in [1.165, 1.54) is 49.7 Å². The van der Waals surface area contributed by atoms with Crippen LogP contribution in [0.1, 0.15) is 0 Å². The number of benzene rings is 9. The highest BCUT2D eigenvalue weighted by Crippen LogP contribution is 2.49. The van der Waals surface area contributed by atoms with E-state index >= 15 is 0 Å². The van der Waals surface area contributed by atoms with Crippen LogP contribution in [0.5, 0.6) is 0 Å². The van der Waals surface area contributed by atoms with Gasteiger partial charge in [-0.25, -0.2) is 0 Å². The smallest absolute Gasteiger partial charge is 0.0540 e. The molecule has 9 rings (SSSR count). The fraction of sp³-hybridized carbons (Fsp3) is 0. The molecule has 0 bridgehead atoms. The van der Waals surface area contributed by atoms with E-state index in [2.05, 4.69) is 229 Å². The number of anilines is 3. The molecule has 1 nitrogen and oxygen atoms in total. The molecule has 0 aromatic heterocycles. The van der Waals surface area contributed by atoms with E-state index in [1.54, 1.807) is 0 Å². The van der Waals surface area contributed by atoms with Gasteiger partial charge in [-0.3, -0.25) is 0 Å². The Morgan fingerprint density at radius 2 is 0.604 bits per heavy atom. The van der Waals surface area contributed by atoms with Gasteiger partial charge < -0.3 is 4.90 Å². The molecule has 0 fully saturated rings. The molecule has 1 heteroatoms. The Morgan fingerprint density at radius 1 is 0.226 bits per heavy atom. The fourth-order valence-electron chi connectivity index (χ4n) is 7.65. The Morgan fingerprint density at radius 3 is 1.26 bits per heavy atom. The van der Waals surface area contributed by atoms with Gasteiger partial charge in [0.25, 0.3) is 0 Å². The standard InChI is InChI=1S/C52H37N/c1-3-19-38(20-4-1)44-28-9-10-31-48(44)49-32-13-16-36-52(49)53(50-34-14-11-29-46(50)40-21-5-2-6-22-40)51-35-15-12-30-47(51)42-26-17-25-41(37-42)45-33-18-24-39-23-7-8-27-43(39)45/h1-37H. The van der Waals surface area contributed by atoms with Crippen molar-refractivity contribution in [1.29, 1.82) is 0 Å². The highest BCUT2D eigenvalue weighted by Gasteiger charge is 2.24. The average Bonchev–Trinajstić information content (AvgIpc) is 3.25. The molecule has 0 aliphatic carbocycles. The van der Waals surface area contributed by atoms with Crippen LogP contribution in [0.3, 0.4) is 0 Å². The summed E-state index contributed by atoms with van der Waals surface area (Å²) in [6.45, 7) is 0. The molecule has 0 spiro atoms. The molecular formula is C52H37N. The van der Waals surface area contributed by atoms with Crippen molar-refractivity contribution < 1.29 is 0 Å². The molecular weight excluding hydrogens is 639 g/mol. The zero-order chi connectivity index (χ0) is 35.4. The largest absolute Gasteiger partial charge is 0.309 e. The molecule has 0 atom stereocenters. The van der Waals surface area contributed by atoms with Crippen molar-refractivity contribution >= 4 is 27.8 Å². The van der Waals surface area contributed by atoms with Crippen LogP contribution in [-0.4, -0.2) is 0 Å². The zero-order valence-corrected chi connectivity index (χ0v) is 29.3.